The van der Waals surface area contributed by atoms with E-state index < -0.39 is 5.97 Å². The zero-order valence-corrected chi connectivity index (χ0v) is 20.1. The van der Waals surface area contributed by atoms with Gasteiger partial charge < -0.3 is 24.1 Å². The summed E-state index contributed by atoms with van der Waals surface area (Å²) in [5, 5.41) is 18.6. The summed E-state index contributed by atoms with van der Waals surface area (Å²) in [5.41, 5.74) is 1.49. The molecule has 0 aromatic heterocycles. The van der Waals surface area contributed by atoms with E-state index in [1.54, 1.807) is 65.0 Å². The molecule has 1 fully saturated rings. The van der Waals surface area contributed by atoms with Gasteiger partial charge in [0.05, 0.1) is 39.6 Å². The summed E-state index contributed by atoms with van der Waals surface area (Å²) in [6.07, 6.45) is 3.28. The van der Waals surface area contributed by atoms with Gasteiger partial charge in [0, 0.05) is 30.2 Å². The molecule has 1 aliphatic rings. The van der Waals surface area contributed by atoms with Gasteiger partial charge in [0.25, 0.3) is 11.9 Å². The number of aliphatic carboxylic acids is 1. The predicted molar refractivity (Wildman–Crippen MR) is 131 cm³/mol. The summed E-state index contributed by atoms with van der Waals surface area (Å²) in [6.45, 7) is 1.08. The third-order valence-electron chi connectivity index (χ3n) is 4.16. The van der Waals surface area contributed by atoms with Crippen LogP contribution in [0.4, 0.5) is 0 Å². The van der Waals surface area contributed by atoms with Gasteiger partial charge in [-0.1, -0.05) is 0 Å². The molecule has 0 spiro atoms. The number of ether oxygens (including phenoxy) is 4. The first-order valence-electron chi connectivity index (χ1n) is 9.76. The van der Waals surface area contributed by atoms with E-state index >= 15 is 0 Å². The molecule has 180 valence electrons. The molecular formula is C23H25N3O7S. The Balaban J connectivity index is 0.000000945. The first-order valence-corrected chi connectivity index (χ1v) is 10.6. The number of carboxylic acids is 1. The number of rotatable bonds is 7. The Bertz CT molecular complexity index is 1130. The van der Waals surface area contributed by atoms with Crippen LogP contribution in [-0.4, -0.2) is 56.8 Å². The van der Waals surface area contributed by atoms with Gasteiger partial charge >= 0.3 is 0 Å². The van der Waals surface area contributed by atoms with Crippen LogP contribution in [0.3, 0.4) is 0 Å². The van der Waals surface area contributed by atoms with Crippen molar-refractivity contribution in [2.45, 2.75) is 6.92 Å². The van der Waals surface area contributed by atoms with Crippen molar-refractivity contribution in [3.8, 4) is 23.0 Å². The van der Waals surface area contributed by atoms with Crippen LogP contribution in [-0.2, 0) is 9.59 Å². The molecule has 34 heavy (non-hydrogen) atoms. The average Bonchev–Trinajstić information content (AvgIpc) is 3.17. The Kier molecular flexibility index (Phi) is 9.96. The van der Waals surface area contributed by atoms with Crippen LogP contribution >= 0.6 is 11.8 Å². The maximum atomic E-state index is 12.3. The van der Waals surface area contributed by atoms with E-state index in [9.17, 15) is 4.79 Å². The highest BCUT2D eigenvalue weighted by Gasteiger charge is 2.24. The molecule has 2 N–H and O–H groups in total. The fourth-order valence-corrected chi connectivity index (χ4v) is 3.39. The summed E-state index contributed by atoms with van der Waals surface area (Å²) in [7, 11) is 6.29. The van der Waals surface area contributed by atoms with Crippen LogP contribution in [0.15, 0.2) is 51.5 Å². The van der Waals surface area contributed by atoms with E-state index in [1.165, 1.54) is 11.8 Å². The number of carboxylic acid groups (broad SMARTS) is 1. The first-order chi connectivity index (χ1) is 16.3. The molecule has 11 heteroatoms. The SMILES string of the molecule is CC(=O)O.COc1ccc(C=N/N=C2/NC(=O)C(=Cc3ccc(OC)cc3OC)S2)c(OC)c1. The van der Waals surface area contributed by atoms with E-state index in [2.05, 4.69) is 15.5 Å². The Morgan fingerprint density at radius 3 is 2.00 bits per heavy atom. The smallest absolute Gasteiger partial charge is 0.300 e. The maximum absolute atomic E-state index is 12.3. The molecule has 0 bridgehead atoms. The molecule has 0 atom stereocenters. The van der Waals surface area contributed by atoms with Crippen LogP contribution in [0.5, 0.6) is 23.0 Å². The zero-order valence-electron chi connectivity index (χ0n) is 19.3. The summed E-state index contributed by atoms with van der Waals surface area (Å²) in [5.74, 6) is 1.47. The van der Waals surface area contributed by atoms with Gasteiger partial charge in [-0.05, 0) is 42.1 Å². The summed E-state index contributed by atoms with van der Waals surface area (Å²) in [4.78, 5) is 21.8. The first kappa shape index (κ1) is 26.3. The van der Waals surface area contributed by atoms with Crippen LogP contribution in [0, 0.1) is 0 Å². The number of nitrogens with zero attached hydrogens (tertiary/aromatic N) is 2. The van der Waals surface area contributed by atoms with Gasteiger partial charge in [-0.2, -0.15) is 5.10 Å². The largest absolute Gasteiger partial charge is 0.497 e. The van der Waals surface area contributed by atoms with Crippen molar-refractivity contribution in [3.63, 3.8) is 0 Å². The van der Waals surface area contributed by atoms with Crippen molar-refractivity contribution >= 4 is 41.1 Å². The number of benzene rings is 2. The Hall–Kier alpha value is -3.99. The fourth-order valence-electron chi connectivity index (χ4n) is 2.62. The van der Waals surface area contributed by atoms with Crippen LogP contribution in [0.2, 0.25) is 0 Å². The average molecular weight is 488 g/mol. The molecule has 1 amide bonds. The Morgan fingerprint density at radius 2 is 1.47 bits per heavy atom. The Morgan fingerprint density at radius 1 is 0.941 bits per heavy atom. The molecule has 3 rings (SSSR count). The van der Waals surface area contributed by atoms with E-state index in [4.69, 9.17) is 28.8 Å². The number of methoxy groups -OCH3 is 4. The Labute approximate surface area is 201 Å². The van der Waals surface area contributed by atoms with Gasteiger partial charge in [0.1, 0.15) is 23.0 Å². The highest BCUT2D eigenvalue weighted by molar-refractivity contribution is 8.18. The molecule has 1 aliphatic heterocycles. The highest BCUT2D eigenvalue weighted by Crippen LogP contribution is 2.31. The zero-order chi connectivity index (χ0) is 25.1. The lowest BCUT2D eigenvalue weighted by molar-refractivity contribution is -0.134. The lowest BCUT2D eigenvalue weighted by Crippen LogP contribution is -2.19. The van der Waals surface area contributed by atoms with Gasteiger partial charge in [0.15, 0.2) is 5.17 Å². The van der Waals surface area contributed by atoms with E-state index in [0.717, 1.165) is 18.1 Å². The molecule has 10 nitrogen and oxygen atoms in total. The summed E-state index contributed by atoms with van der Waals surface area (Å²) in [6, 6.07) is 10.7. The summed E-state index contributed by atoms with van der Waals surface area (Å²) < 4.78 is 21.1. The lowest BCUT2D eigenvalue weighted by Gasteiger charge is -2.07. The van der Waals surface area contributed by atoms with Gasteiger partial charge in [-0.15, -0.1) is 5.10 Å². The second-order valence-corrected chi connectivity index (χ2v) is 7.48. The molecule has 1 heterocycles. The van der Waals surface area contributed by atoms with Crippen molar-refractivity contribution < 1.29 is 33.6 Å². The molecule has 0 unspecified atom stereocenters. The highest BCUT2D eigenvalue weighted by atomic mass is 32.2. The topological polar surface area (TPSA) is 128 Å². The third kappa shape index (κ3) is 7.55. The number of nitrogens with one attached hydrogen (secondary N) is 1. The summed E-state index contributed by atoms with van der Waals surface area (Å²) >= 11 is 1.19. The van der Waals surface area contributed by atoms with Crippen molar-refractivity contribution in [3.05, 3.63) is 52.4 Å². The van der Waals surface area contributed by atoms with Crippen LogP contribution in [0.25, 0.3) is 6.08 Å². The van der Waals surface area contributed by atoms with Crippen LogP contribution in [0.1, 0.15) is 18.1 Å². The third-order valence-corrected chi connectivity index (χ3v) is 5.06. The quantitative estimate of drug-likeness (QED) is 0.346. The second-order valence-electron chi connectivity index (χ2n) is 6.45. The van der Waals surface area contributed by atoms with Crippen molar-refractivity contribution in [2.24, 2.45) is 10.2 Å². The number of hydrogen-bond donors (Lipinski definition) is 2. The van der Waals surface area contributed by atoms with Gasteiger partial charge in [-0.3, -0.25) is 14.9 Å². The molecule has 1 saturated heterocycles. The number of carbonyl (C=O) groups excluding carboxylic acids is 1. The maximum Gasteiger partial charge on any atom is 0.300 e. The van der Waals surface area contributed by atoms with E-state index in [1.807, 2.05) is 12.1 Å². The minimum atomic E-state index is -0.833. The molecule has 2 aromatic carbocycles. The van der Waals surface area contributed by atoms with Gasteiger partial charge in [0.2, 0.25) is 0 Å². The molecule has 0 aliphatic carbocycles. The molecular weight excluding hydrogens is 462 g/mol. The number of amides is 1. The van der Waals surface area contributed by atoms with Gasteiger partial charge in [-0.25, -0.2) is 0 Å². The minimum Gasteiger partial charge on any atom is -0.497 e. The monoisotopic (exact) mass is 487 g/mol. The number of carbonyl (C=O) groups is 2. The number of thioether (sulfide) groups is 1. The van der Waals surface area contributed by atoms with Crippen molar-refractivity contribution in [1.82, 2.24) is 5.32 Å². The standard InChI is InChI=1S/C21H21N3O5S.C2H4O2/c1-26-15-7-5-13(17(10-15)28-3)9-19-20(25)23-21(30-19)24-22-12-14-6-8-16(27-2)11-18(14)29-4;1-2(3)4/h5-12H,1-4H3,(H,23,24,25);1H3,(H,3,4). The lowest BCUT2D eigenvalue weighted by atomic mass is 10.1. The minimum absolute atomic E-state index is 0.256. The predicted octanol–water partition coefficient (Wildman–Crippen LogP) is 3.41. The number of hydrogen-bond acceptors (Lipinski definition) is 9. The normalized spacial score (nSPS) is 15.0. The fraction of sp³-hybridized carbons (Fsp3) is 0.217. The van der Waals surface area contributed by atoms with Crippen molar-refractivity contribution in [2.75, 3.05) is 28.4 Å². The van der Waals surface area contributed by atoms with Crippen LogP contribution < -0.4 is 24.3 Å². The van der Waals surface area contributed by atoms with E-state index in [0.29, 0.717) is 33.1 Å². The number of amidine groups is 1. The van der Waals surface area contributed by atoms with Crippen molar-refractivity contribution in [1.29, 1.82) is 0 Å². The molecule has 0 radical (unpaired) electrons. The molecule has 0 saturated carbocycles. The second kappa shape index (κ2) is 12.9. The van der Waals surface area contributed by atoms with E-state index in [-0.39, 0.29) is 5.91 Å². The molecule has 2 aromatic rings.